The second-order valence-corrected chi connectivity index (χ2v) is 7.68. The zero-order chi connectivity index (χ0) is 14.0. The highest BCUT2D eigenvalue weighted by atomic mass is 35.5. The van der Waals surface area contributed by atoms with Gasteiger partial charge in [-0.25, -0.2) is 8.42 Å². The van der Waals surface area contributed by atoms with Crippen molar-refractivity contribution in [2.24, 2.45) is 11.8 Å². The molecule has 0 bridgehead atoms. The van der Waals surface area contributed by atoms with E-state index < -0.39 is 10.0 Å². The monoisotopic (exact) mass is 301 g/mol. The summed E-state index contributed by atoms with van der Waals surface area (Å²) < 4.78 is 27.1. The Morgan fingerprint density at radius 3 is 2.37 bits per heavy atom. The molecule has 2 rings (SSSR count). The van der Waals surface area contributed by atoms with Crippen LogP contribution >= 0.6 is 11.6 Å². The van der Waals surface area contributed by atoms with Gasteiger partial charge in [0.1, 0.15) is 0 Å². The fraction of sp³-hybridized carbons (Fsp3) is 0.571. The molecule has 1 fully saturated rings. The molecule has 0 N–H and O–H groups in total. The van der Waals surface area contributed by atoms with Crippen molar-refractivity contribution in [2.45, 2.75) is 31.0 Å². The molecule has 0 amide bonds. The molecule has 0 radical (unpaired) electrons. The maximum absolute atomic E-state index is 12.7. The van der Waals surface area contributed by atoms with Crippen LogP contribution in [-0.4, -0.2) is 25.8 Å². The van der Waals surface area contributed by atoms with Gasteiger partial charge in [-0.2, -0.15) is 4.31 Å². The number of hydrogen-bond acceptors (Lipinski definition) is 2. The van der Waals surface area contributed by atoms with Crippen molar-refractivity contribution in [3.8, 4) is 0 Å². The fourth-order valence-corrected chi connectivity index (χ4v) is 5.02. The van der Waals surface area contributed by atoms with Crippen LogP contribution in [0.2, 0.25) is 0 Å². The van der Waals surface area contributed by atoms with Gasteiger partial charge in [0.05, 0.1) is 4.90 Å². The van der Waals surface area contributed by atoms with Crippen molar-refractivity contribution in [2.75, 3.05) is 13.1 Å². The van der Waals surface area contributed by atoms with Crippen molar-refractivity contribution in [1.29, 1.82) is 0 Å². The molecule has 106 valence electrons. The van der Waals surface area contributed by atoms with Gasteiger partial charge in [-0.15, -0.1) is 11.6 Å². The lowest BCUT2D eigenvalue weighted by molar-refractivity contribution is 0.222. The first-order chi connectivity index (χ1) is 8.95. The Morgan fingerprint density at radius 1 is 1.21 bits per heavy atom. The number of sulfonamides is 1. The average Bonchev–Trinajstić information content (AvgIpc) is 2.37. The van der Waals surface area contributed by atoms with Gasteiger partial charge in [-0.3, -0.25) is 0 Å². The third kappa shape index (κ3) is 3.12. The summed E-state index contributed by atoms with van der Waals surface area (Å²) in [6.07, 6.45) is 1.09. The summed E-state index contributed by atoms with van der Waals surface area (Å²) in [5.74, 6) is 1.03. The van der Waals surface area contributed by atoms with E-state index in [-0.39, 0.29) is 5.88 Å². The van der Waals surface area contributed by atoms with Gasteiger partial charge in [0, 0.05) is 19.0 Å². The zero-order valence-corrected chi connectivity index (χ0v) is 12.9. The number of piperidine rings is 1. The van der Waals surface area contributed by atoms with E-state index in [4.69, 9.17) is 11.6 Å². The van der Waals surface area contributed by atoms with Gasteiger partial charge < -0.3 is 0 Å². The lowest BCUT2D eigenvalue weighted by atomic mass is 9.94. The van der Waals surface area contributed by atoms with E-state index in [1.54, 1.807) is 22.5 Å². The van der Waals surface area contributed by atoms with Gasteiger partial charge in [-0.1, -0.05) is 32.0 Å². The molecule has 1 heterocycles. The smallest absolute Gasteiger partial charge is 0.207 e. The maximum atomic E-state index is 12.7. The Hall–Kier alpha value is -0.580. The summed E-state index contributed by atoms with van der Waals surface area (Å²) in [6, 6.07) is 6.99. The number of nitrogens with zero attached hydrogens (tertiary/aromatic N) is 1. The second kappa shape index (κ2) is 5.81. The van der Waals surface area contributed by atoms with Crippen LogP contribution in [0.1, 0.15) is 25.8 Å². The molecule has 1 saturated heterocycles. The first-order valence-corrected chi connectivity index (χ1v) is 8.56. The number of halogens is 1. The molecule has 3 nitrogen and oxygen atoms in total. The Kier molecular flexibility index (Phi) is 4.54. The van der Waals surface area contributed by atoms with Crippen LogP contribution in [0.25, 0.3) is 0 Å². The lowest BCUT2D eigenvalue weighted by Gasteiger charge is -2.34. The van der Waals surface area contributed by atoms with E-state index in [1.165, 1.54) is 0 Å². The predicted molar refractivity (Wildman–Crippen MR) is 77.7 cm³/mol. The van der Waals surface area contributed by atoms with Gasteiger partial charge >= 0.3 is 0 Å². The second-order valence-electron chi connectivity index (χ2n) is 5.51. The quantitative estimate of drug-likeness (QED) is 0.805. The van der Waals surface area contributed by atoms with E-state index >= 15 is 0 Å². The number of benzene rings is 1. The molecule has 2 atom stereocenters. The highest BCUT2D eigenvalue weighted by Crippen LogP contribution is 2.28. The van der Waals surface area contributed by atoms with Gasteiger partial charge in [0.25, 0.3) is 0 Å². The highest BCUT2D eigenvalue weighted by molar-refractivity contribution is 7.89. The average molecular weight is 302 g/mol. The van der Waals surface area contributed by atoms with Crippen LogP contribution < -0.4 is 0 Å². The van der Waals surface area contributed by atoms with E-state index in [1.807, 2.05) is 6.07 Å². The summed E-state index contributed by atoms with van der Waals surface area (Å²) >= 11 is 5.85. The molecule has 1 aliphatic heterocycles. The molecule has 1 aromatic rings. The van der Waals surface area contributed by atoms with Crippen LogP contribution in [0.5, 0.6) is 0 Å². The van der Waals surface area contributed by atoms with Crippen LogP contribution in [0.15, 0.2) is 29.2 Å². The van der Waals surface area contributed by atoms with E-state index in [0.29, 0.717) is 35.4 Å². The molecular formula is C14H20ClNO2S. The summed E-state index contributed by atoms with van der Waals surface area (Å²) in [4.78, 5) is 0.353. The minimum absolute atomic E-state index is 0.217. The number of hydrogen-bond donors (Lipinski definition) is 0. The van der Waals surface area contributed by atoms with E-state index in [0.717, 1.165) is 6.42 Å². The van der Waals surface area contributed by atoms with Crippen LogP contribution in [-0.2, 0) is 15.9 Å². The topological polar surface area (TPSA) is 37.4 Å². The SMILES string of the molecule is CC1CC(C)CN(S(=O)(=O)c2ccccc2CCl)C1. The molecule has 19 heavy (non-hydrogen) atoms. The molecule has 5 heteroatoms. The maximum Gasteiger partial charge on any atom is 0.243 e. The zero-order valence-electron chi connectivity index (χ0n) is 11.3. The summed E-state index contributed by atoms with van der Waals surface area (Å²) in [6.45, 7) is 5.41. The Bertz CT molecular complexity index is 534. The first-order valence-electron chi connectivity index (χ1n) is 6.59. The molecule has 1 aromatic carbocycles. The molecule has 0 saturated carbocycles. The van der Waals surface area contributed by atoms with Crippen molar-refractivity contribution >= 4 is 21.6 Å². The molecular weight excluding hydrogens is 282 g/mol. The highest BCUT2D eigenvalue weighted by Gasteiger charge is 2.32. The normalized spacial score (nSPS) is 25.4. The number of rotatable bonds is 3. The van der Waals surface area contributed by atoms with Crippen molar-refractivity contribution in [3.05, 3.63) is 29.8 Å². The Labute approximate surface area is 120 Å². The van der Waals surface area contributed by atoms with Crippen molar-refractivity contribution in [1.82, 2.24) is 4.31 Å². The molecule has 0 aromatic heterocycles. The summed E-state index contributed by atoms with van der Waals surface area (Å²) in [7, 11) is -3.42. The third-order valence-electron chi connectivity index (χ3n) is 3.57. The number of alkyl halides is 1. The molecule has 0 aliphatic carbocycles. The molecule has 1 aliphatic rings. The van der Waals surface area contributed by atoms with E-state index in [2.05, 4.69) is 13.8 Å². The van der Waals surface area contributed by atoms with Crippen molar-refractivity contribution < 1.29 is 8.42 Å². The standard InChI is InChI=1S/C14H20ClNO2S/c1-11-7-12(2)10-16(9-11)19(17,18)14-6-4-3-5-13(14)8-15/h3-6,11-12H,7-10H2,1-2H3. The summed E-state index contributed by atoms with van der Waals surface area (Å²) in [5, 5.41) is 0. The minimum atomic E-state index is -3.42. The predicted octanol–water partition coefficient (Wildman–Crippen LogP) is 3.09. The molecule has 0 spiro atoms. The van der Waals surface area contributed by atoms with Crippen molar-refractivity contribution in [3.63, 3.8) is 0 Å². The van der Waals surface area contributed by atoms with E-state index in [9.17, 15) is 8.42 Å². The Balaban J connectivity index is 2.36. The minimum Gasteiger partial charge on any atom is -0.207 e. The largest absolute Gasteiger partial charge is 0.243 e. The van der Waals surface area contributed by atoms with Gasteiger partial charge in [0.15, 0.2) is 0 Å². The van der Waals surface area contributed by atoms with Crippen LogP contribution in [0.4, 0.5) is 0 Å². The lowest BCUT2D eigenvalue weighted by Crippen LogP contribution is -2.42. The molecule has 2 unspecified atom stereocenters. The third-order valence-corrected chi connectivity index (χ3v) is 5.79. The van der Waals surface area contributed by atoms with Gasteiger partial charge in [0.2, 0.25) is 10.0 Å². The summed E-state index contributed by atoms with van der Waals surface area (Å²) in [5.41, 5.74) is 0.676. The Morgan fingerprint density at radius 2 is 1.79 bits per heavy atom. The fourth-order valence-electron chi connectivity index (χ4n) is 2.81. The van der Waals surface area contributed by atoms with Crippen LogP contribution in [0, 0.1) is 11.8 Å². The first kappa shape index (κ1) is 14.8. The van der Waals surface area contributed by atoms with Crippen LogP contribution in [0.3, 0.4) is 0 Å². The van der Waals surface area contributed by atoms with Gasteiger partial charge in [-0.05, 0) is 29.9 Å².